The number of piperazine rings is 1. The van der Waals surface area contributed by atoms with Gasteiger partial charge in [-0.15, -0.1) is 0 Å². The van der Waals surface area contributed by atoms with E-state index in [0.717, 1.165) is 67.1 Å². The quantitative estimate of drug-likeness (QED) is 0.478. The van der Waals surface area contributed by atoms with Gasteiger partial charge < -0.3 is 15.5 Å². The van der Waals surface area contributed by atoms with Crippen LogP contribution in [-0.2, 0) is 11.3 Å². The zero-order valence-corrected chi connectivity index (χ0v) is 20.3. The van der Waals surface area contributed by atoms with Crippen LogP contribution in [-0.4, -0.2) is 64.8 Å². The number of hydrogen-bond acceptors (Lipinski definition) is 7. The van der Waals surface area contributed by atoms with Crippen molar-refractivity contribution < 1.29 is 4.79 Å². The third kappa shape index (κ3) is 3.80. The van der Waals surface area contributed by atoms with Crippen LogP contribution in [0.4, 0.5) is 11.4 Å². The summed E-state index contributed by atoms with van der Waals surface area (Å²) >= 11 is 0. The van der Waals surface area contributed by atoms with Crippen LogP contribution in [0, 0.1) is 11.3 Å². The SMILES string of the molecule is C[C@@H]1CN(c2ccc(C#N)c3ncccc23)Cc2c3ccc(N4CCN(CC(N)=O)CC4)cc3nn21. The van der Waals surface area contributed by atoms with Gasteiger partial charge in [-0.25, -0.2) is 0 Å². The first-order valence-electron chi connectivity index (χ1n) is 12.3. The minimum absolute atomic E-state index is 0.198. The monoisotopic (exact) mass is 480 g/mol. The highest BCUT2D eigenvalue weighted by Crippen LogP contribution is 2.35. The Kier molecular flexibility index (Phi) is 5.46. The molecule has 9 heteroatoms. The van der Waals surface area contributed by atoms with Crippen molar-refractivity contribution in [3.05, 3.63) is 59.9 Å². The van der Waals surface area contributed by atoms with Gasteiger partial charge in [-0.05, 0) is 49.4 Å². The van der Waals surface area contributed by atoms with Crippen LogP contribution in [0.15, 0.2) is 48.7 Å². The molecule has 182 valence electrons. The van der Waals surface area contributed by atoms with E-state index in [1.807, 2.05) is 24.3 Å². The molecule has 1 fully saturated rings. The average Bonchev–Trinajstić information content (AvgIpc) is 3.26. The highest BCUT2D eigenvalue weighted by Gasteiger charge is 2.27. The van der Waals surface area contributed by atoms with Crippen molar-refractivity contribution in [2.45, 2.75) is 19.5 Å². The smallest absolute Gasteiger partial charge is 0.231 e. The molecule has 1 atom stereocenters. The van der Waals surface area contributed by atoms with E-state index in [1.54, 1.807) is 6.20 Å². The van der Waals surface area contributed by atoms with Crippen molar-refractivity contribution in [3.63, 3.8) is 0 Å². The topological polar surface area (TPSA) is 107 Å². The number of primary amides is 1. The van der Waals surface area contributed by atoms with E-state index >= 15 is 0 Å². The Morgan fingerprint density at radius 1 is 1.11 bits per heavy atom. The molecule has 4 aromatic rings. The van der Waals surface area contributed by atoms with Crippen LogP contribution in [0.5, 0.6) is 0 Å². The molecular weight excluding hydrogens is 452 g/mol. The average molecular weight is 481 g/mol. The summed E-state index contributed by atoms with van der Waals surface area (Å²) in [7, 11) is 0. The number of nitrogens with zero attached hydrogens (tertiary/aromatic N) is 7. The van der Waals surface area contributed by atoms with E-state index < -0.39 is 0 Å². The Hall–Kier alpha value is -4.16. The molecule has 2 aromatic carbocycles. The predicted molar refractivity (Wildman–Crippen MR) is 140 cm³/mol. The zero-order chi connectivity index (χ0) is 24.8. The van der Waals surface area contributed by atoms with Gasteiger partial charge in [0.15, 0.2) is 0 Å². The molecule has 0 saturated carbocycles. The van der Waals surface area contributed by atoms with Crippen LogP contribution >= 0.6 is 0 Å². The molecule has 36 heavy (non-hydrogen) atoms. The molecule has 2 aliphatic heterocycles. The second-order valence-electron chi connectivity index (χ2n) is 9.70. The second kappa shape index (κ2) is 8.81. The van der Waals surface area contributed by atoms with E-state index in [9.17, 15) is 10.1 Å². The van der Waals surface area contributed by atoms with Crippen molar-refractivity contribution in [3.8, 4) is 6.07 Å². The van der Waals surface area contributed by atoms with Crippen molar-refractivity contribution in [1.29, 1.82) is 5.26 Å². The summed E-state index contributed by atoms with van der Waals surface area (Å²) in [6.45, 7) is 7.43. The van der Waals surface area contributed by atoms with Gasteiger partial charge in [0.25, 0.3) is 0 Å². The summed E-state index contributed by atoms with van der Waals surface area (Å²) < 4.78 is 2.17. The predicted octanol–water partition coefficient (Wildman–Crippen LogP) is 2.64. The van der Waals surface area contributed by atoms with Gasteiger partial charge in [0.05, 0.1) is 41.4 Å². The molecule has 4 heterocycles. The molecule has 0 radical (unpaired) electrons. The number of pyridine rings is 1. The van der Waals surface area contributed by atoms with Crippen molar-refractivity contribution in [2.75, 3.05) is 49.1 Å². The third-order valence-corrected chi connectivity index (χ3v) is 7.35. The molecule has 2 aromatic heterocycles. The minimum atomic E-state index is -0.276. The lowest BCUT2D eigenvalue weighted by Gasteiger charge is -2.35. The number of anilines is 2. The van der Waals surface area contributed by atoms with Crippen molar-refractivity contribution >= 4 is 39.1 Å². The first-order chi connectivity index (χ1) is 17.5. The lowest BCUT2D eigenvalue weighted by molar-refractivity contribution is -0.119. The molecule has 0 spiro atoms. The summed E-state index contributed by atoms with van der Waals surface area (Å²) in [5.41, 5.74) is 11.1. The molecule has 2 aliphatic rings. The minimum Gasteiger partial charge on any atom is -0.369 e. The van der Waals surface area contributed by atoms with Gasteiger partial charge in [-0.1, -0.05) is 0 Å². The van der Waals surface area contributed by atoms with E-state index in [0.29, 0.717) is 12.1 Å². The van der Waals surface area contributed by atoms with Gasteiger partial charge in [0.2, 0.25) is 5.91 Å². The van der Waals surface area contributed by atoms with Gasteiger partial charge in [0.1, 0.15) is 6.07 Å². The van der Waals surface area contributed by atoms with Gasteiger partial charge in [-0.2, -0.15) is 10.4 Å². The highest BCUT2D eigenvalue weighted by atomic mass is 16.1. The molecule has 9 nitrogen and oxygen atoms in total. The summed E-state index contributed by atoms with van der Waals surface area (Å²) in [6.07, 6.45) is 1.74. The molecule has 0 bridgehead atoms. The number of nitrogens with two attached hydrogens (primary N) is 1. The fraction of sp³-hybridized carbons (Fsp3) is 0.333. The Morgan fingerprint density at radius 2 is 1.94 bits per heavy atom. The fourth-order valence-corrected chi connectivity index (χ4v) is 5.60. The largest absolute Gasteiger partial charge is 0.369 e. The Morgan fingerprint density at radius 3 is 2.72 bits per heavy atom. The maximum atomic E-state index is 11.2. The maximum absolute atomic E-state index is 11.2. The molecule has 0 unspecified atom stereocenters. The maximum Gasteiger partial charge on any atom is 0.231 e. The first-order valence-corrected chi connectivity index (χ1v) is 12.3. The van der Waals surface area contributed by atoms with Crippen LogP contribution in [0.25, 0.3) is 21.8 Å². The number of benzene rings is 2. The van der Waals surface area contributed by atoms with Gasteiger partial charge in [0, 0.05) is 61.1 Å². The normalized spacial score (nSPS) is 18.4. The van der Waals surface area contributed by atoms with Crippen molar-refractivity contribution in [2.24, 2.45) is 5.73 Å². The molecule has 6 rings (SSSR count). The Labute approximate surface area is 209 Å². The standard InChI is InChI=1S/C27H28N8O/c1-18-15-34(24-7-4-19(14-28)27-22(24)3-2-8-30-27)16-25-21-6-5-20(13-23(21)31-35(18)25)33-11-9-32(10-12-33)17-26(29)36/h2-8,13,18H,9-12,15-17H2,1H3,(H2,29,36)/t18-/m1/s1. The number of rotatable bonds is 4. The number of hydrogen-bond donors (Lipinski definition) is 1. The summed E-state index contributed by atoms with van der Waals surface area (Å²) in [5, 5.41) is 16.7. The van der Waals surface area contributed by atoms with E-state index in [-0.39, 0.29) is 11.9 Å². The number of aromatic nitrogens is 3. The fourth-order valence-electron chi connectivity index (χ4n) is 5.60. The zero-order valence-electron chi connectivity index (χ0n) is 20.3. The highest BCUT2D eigenvalue weighted by molar-refractivity contribution is 5.95. The van der Waals surface area contributed by atoms with Crippen LogP contribution in [0.2, 0.25) is 0 Å². The van der Waals surface area contributed by atoms with Crippen LogP contribution < -0.4 is 15.5 Å². The number of nitriles is 1. The first kappa shape index (κ1) is 22.3. The molecule has 1 saturated heterocycles. The second-order valence-corrected chi connectivity index (χ2v) is 9.70. The Balaban J connectivity index is 1.30. The lowest BCUT2D eigenvalue weighted by atomic mass is 10.1. The lowest BCUT2D eigenvalue weighted by Crippen LogP contribution is -2.48. The summed E-state index contributed by atoms with van der Waals surface area (Å²) in [6, 6.07) is 16.9. The number of amides is 1. The van der Waals surface area contributed by atoms with Gasteiger partial charge in [-0.3, -0.25) is 19.4 Å². The van der Waals surface area contributed by atoms with E-state index in [1.165, 1.54) is 11.1 Å². The molecule has 0 aliphatic carbocycles. The van der Waals surface area contributed by atoms with Gasteiger partial charge >= 0.3 is 0 Å². The van der Waals surface area contributed by atoms with E-state index in [2.05, 4.69) is 55.6 Å². The number of carbonyl (C=O) groups is 1. The number of fused-ring (bicyclic) bond motifs is 4. The van der Waals surface area contributed by atoms with Crippen LogP contribution in [0.1, 0.15) is 24.2 Å². The van der Waals surface area contributed by atoms with Crippen LogP contribution in [0.3, 0.4) is 0 Å². The molecular formula is C27H28N8O. The third-order valence-electron chi connectivity index (χ3n) is 7.35. The summed E-state index contributed by atoms with van der Waals surface area (Å²) in [4.78, 5) is 22.5. The Bertz CT molecular complexity index is 1510. The van der Waals surface area contributed by atoms with Crippen molar-refractivity contribution in [1.82, 2.24) is 19.7 Å². The summed E-state index contributed by atoms with van der Waals surface area (Å²) in [5.74, 6) is -0.276. The molecule has 1 amide bonds. The number of carbonyl (C=O) groups excluding carboxylic acids is 1. The van der Waals surface area contributed by atoms with E-state index in [4.69, 9.17) is 10.8 Å². The molecule has 2 N–H and O–H groups in total.